The second-order valence-corrected chi connectivity index (χ2v) is 3.62. The van der Waals surface area contributed by atoms with Gasteiger partial charge in [-0.05, 0) is 31.3 Å². The van der Waals surface area contributed by atoms with Gasteiger partial charge >= 0.3 is 0 Å². The summed E-state index contributed by atoms with van der Waals surface area (Å²) in [6.07, 6.45) is 6.92. The molecular formula is C11H18O. The molecule has 0 saturated carbocycles. The van der Waals surface area contributed by atoms with Gasteiger partial charge in [0, 0.05) is 0 Å². The maximum atomic E-state index is 5.59. The van der Waals surface area contributed by atoms with Crippen molar-refractivity contribution in [1.82, 2.24) is 0 Å². The van der Waals surface area contributed by atoms with E-state index >= 15 is 0 Å². The summed E-state index contributed by atoms with van der Waals surface area (Å²) in [6, 6.07) is 0. The molecule has 0 aromatic carbocycles. The molecule has 0 aliphatic carbocycles. The third kappa shape index (κ3) is 2.82. The predicted octanol–water partition coefficient (Wildman–Crippen LogP) is 2.93. The van der Waals surface area contributed by atoms with Crippen molar-refractivity contribution >= 4 is 0 Å². The van der Waals surface area contributed by atoms with Gasteiger partial charge < -0.3 is 4.74 Å². The second kappa shape index (κ2) is 4.46. The third-order valence-electron chi connectivity index (χ3n) is 2.37. The number of hydrogen-bond acceptors (Lipinski definition) is 1. The van der Waals surface area contributed by atoms with E-state index in [4.69, 9.17) is 4.74 Å². The minimum atomic E-state index is 0.336. The Hall–Kier alpha value is -0.560. The van der Waals surface area contributed by atoms with Crippen LogP contribution in [0.2, 0.25) is 0 Å². The van der Waals surface area contributed by atoms with E-state index < -0.39 is 0 Å². The average molecular weight is 166 g/mol. The highest BCUT2D eigenvalue weighted by Gasteiger charge is 2.09. The Bertz CT molecular complexity index is 181. The van der Waals surface area contributed by atoms with Gasteiger partial charge in [0.15, 0.2) is 0 Å². The quantitative estimate of drug-likeness (QED) is 0.503. The van der Waals surface area contributed by atoms with Gasteiger partial charge in [-0.1, -0.05) is 25.7 Å². The van der Waals surface area contributed by atoms with Crippen molar-refractivity contribution in [3.8, 4) is 0 Å². The van der Waals surface area contributed by atoms with Crippen LogP contribution in [-0.4, -0.2) is 12.7 Å². The molecule has 1 nitrogen and oxygen atoms in total. The van der Waals surface area contributed by atoms with Crippen LogP contribution in [0.5, 0.6) is 0 Å². The fraction of sp³-hybridized carbons (Fsp3) is 0.636. The molecule has 12 heavy (non-hydrogen) atoms. The van der Waals surface area contributed by atoms with E-state index in [2.05, 4.69) is 32.6 Å². The van der Waals surface area contributed by atoms with Crippen molar-refractivity contribution in [2.24, 2.45) is 5.92 Å². The van der Waals surface area contributed by atoms with Gasteiger partial charge in [-0.3, -0.25) is 0 Å². The lowest BCUT2D eigenvalue weighted by Gasteiger charge is -2.14. The molecule has 0 saturated heterocycles. The fourth-order valence-corrected chi connectivity index (χ4v) is 1.21. The van der Waals surface area contributed by atoms with Crippen molar-refractivity contribution in [2.75, 3.05) is 6.61 Å². The molecule has 1 heteroatoms. The maximum Gasteiger partial charge on any atom is 0.0680 e. The fourth-order valence-electron chi connectivity index (χ4n) is 1.21. The zero-order valence-corrected chi connectivity index (χ0v) is 8.05. The Kier molecular flexibility index (Phi) is 3.54. The molecule has 1 aliphatic rings. The van der Waals surface area contributed by atoms with E-state index in [0.29, 0.717) is 12.0 Å². The predicted molar refractivity (Wildman–Crippen MR) is 52.1 cm³/mol. The van der Waals surface area contributed by atoms with E-state index in [0.717, 1.165) is 19.4 Å². The van der Waals surface area contributed by atoms with E-state index in [1.165, 1.54) is 5.57 Å². The third-order valence-corrected chi connectivity index (χ3v) is 2.37. The second-order valence-electron chi connectivity index (χ2n) is 3.62. The molecule has 0 N–H and O–H groups in total. The summed E-state index contributed by atoms with van der Waals surface area (Å²) in [4.78, 5) is 0. The largest absolute Gasteiger partial charge is 0.374 e. The molecule has 0 aromatic heterocycles. The van der Waals surface area contributed by atoms with Crippen LogP contribution in [0.15, 0.2) is 24.3 Å². The SMILES string of the molecule is C=C1COC(C)C/C=C\CC1C. The minimum Gasteiger partial charge on any atom is -0.374 e. The lowest BCUT2D eigenvalue weighted by Crippen LogP contribution is -2.10. The number of allylic oxidation sites excluding steroid dienone is 1. The standard InChI is InChI=1S/C11H18O/c1-9-6-4-5-7-11(3)12-8-10(9)2/h4-5,9,11H,2,6-8H2,1,3H3/b5-4-. The number of hydrogen-bond donors (Lipinski definition) is 0. The first-order valence-electron chi connectivity index (χ1n) is 4.64. The molecule has 0 spiro atoms. The molecule has 0 bridgehead atoms. The van der Waals surface area contributed by atoms with E-state index in [1.807, 2.05) is 0 Å². The van der Waals surface area contributed by atoms with Crippen LogP contribution in [0.3, 0.4) is 0 Å². The highest BCUT2D eigenvalue weighted by molar-refractivity contribution is 5.03. The van der Waals surface area contributed by atoms with Crippen molar-refractivity contribution < 1.29 is 4.74 Å². The average Bonchev–Trinajstić information content (AvgIpc) is 2.11. The lowest BCUT2D eigenvalue weighted by molar-refractivity contribution is 0.0830. The maximum absolute atomic E-state index is 5.59. The Balaban J connectivity index is 2.53. The molecule has 68 valence electrons. The highest BCUT2D eigenvalue weighted by atomic mass is 16.5. The van der Waals surface area contributed by atoms with Crippen LogP contribution in [0, 0.1) is 5.92 Å². The molecule has 0 radical (unpaired) electrons. The van der Waals surface area contributed by atoms with Crippen LogP contribution in [-0.2, 0) is 4.74 Å². The lowest BCUT2D eigenvalue weighted by atomic mass is 10.00. The summed E-state index contributed by atoms with van der Waals surface area (Å²) in [5, 5.41) is 0. The molecule has 1 aliphatic heterocycles. The molecule has 2 atom stereocenters. The van der Waals surface area contributed by atoms with Crippen LogP contribution in [0.4, 0.5) is 0 Å². The van der Waals surface area contributed by atoms with Crippen molar-refractivity contribution in [1.29, 1.82) is 0 Å². The topological polar surface area (TPSA) is 9.23 Å². The van der Waals surface area contributed by atoms with Gasteiger partial charge in [0.05, 0.1) is 12.7 Å². The molecule has 1 rings (SSSR count). The van der Waals surface area contributed by atoms with E-state index in [1.54, 1.807) is 0 Å². The molecule has 2 unspecified atom stereocenters. The van der Waals surface area contributed by atoms with Crippen LogP contribution in [0.25, 0.3) is 0 Å². The normalized spacial score (nSPS) is 35.0. The summed E-state index contributed by atoms with van der Waals surface area (Å²) in [5.41, 5.74) is 1.22. The zero-order chi connectivity index (χ0) is 8.97. The zero-order valence-electron chi connectivity index (χ0n) is 8.05. The first-order chi connectivity index (χ1) is 5.70. The molecule has 0 amide bonds. The van der Waals surface area contributed by atoms with Gasteiger partial charge in [0.1, 0.15) is 0 Å². The van der Waals surface area contributed by atoms with Crippen LogP contribution < -0.4 is 0 Å². The first-order valence-corrected chi connectivity index (χ1v) is 4.64. The van der Waals surface area contributed by atoms with E-state index in [9.17, 15) is 0 Å². The Labute approximate surface area is 75.1 Å². The van der Waals surface area contributed by atoms with Crippen molar-refractivity contribution in [3.05, 3.63) is 24.3 Å². The van der Waals surface area contributed by atoms with Crippen LogP contribution in [0.1, 0.15) is 26.7 Å². The first kappa shape index (κ1) is 9.53. The van der Waals surface area contributed by atoms with Gasteiger partial charge in [-0.15, -0.1) is 0 Å². The smallest absolute Gasteiger partial charge is 0.0680 e. The summed E-state index contributed by atoms with van der Waals surface area (Å²) >= 11 is 0. The van der Waals surface area contributed by atoms with E-state index in [-0.39, 0.29) is 0 Å². The van der Waals surface area contributed by atoms with Crippen molar-refractivity contribution in [2.45, 2.75) is 32.8 Å². The summed E-state index contributed by atoms with van der Waals surface area (Å²) in [7, 11) is 0. The van der Waals surface area contributed by atoms with Crippen LogP contribution >= 0.6 is 0 Å². The van der Waals surface area contributed by atoms with Gasteiger partial charge in [-0.2, -0.15) is 0 Å². The summed E-state index contributed by atoms with van der Waals surface area (Å²) in [5.74, 6) is 0.562. The Morgan fingerprint density at radius 2 is 2.00 bits per heavy atom. The molecule has 1 heterocycles. The number of rotatable bonds is 0. The molecule has 0 fully saturated rings. The Morgan fingerprint density at radius 3 is 2.75 bits per heavy atom. The monoisotopic (exact) mass is 166 g/mol. The summed E-state index contributed by atoms with van der Waals surface area (Å²) in [6.45, 7) is 9.05. The Morgan fingerprint density at radius 1 is 1.33 bits per heavy atom. The van der Waals surface area contributed by atoms with Crippen molar-refractivity contribution in [3.63, 3.8) is 0 Å². The van der Waals surface area contributed by atoms with Gasteiger partial charge in [0.2, 0.25) is 0 Å². The molecule has 0 aromatic rings. The minimum absolute atomic E-state index is 0.336. The van der Waals surface area contributed by atoms with Gasteiger partial charge in [-0.25, -0.2) is 0 Å². The number of ether oxygens (including phenoxy) is 1. The summed E-state index contributed by atoms with van der Waals surface area (Å²) < 4.78 is 5.59. The molecular weight excluding hydrogens is 148 g/mol. The van der Waals surface area contributed by atoms with Gasteiger partial charge in [0.25, 0.3) is 0 Å². The highest BCUT2D eigenvalue weighted by Crippen LogP contribution is 2.17.